The van der Waals surface area contributed by atoms with Crippen molar-refractivity contribution < 1.29 is 9.13 Å². The van der Waals surface area contributed by atoms with Gasteiger partial charge in [0.2, 0.25) is 0 Å². The summed E-state index contributed by atoms with van der Waals surface area (Å²) in [6, 6.07) is 5.27. The first kappa shape index (κ1) is 13.1. The van der Waals surface area contributed by atoms with E-state index in [0.717, 1.165) is 25.3 Å². The average Bonchev–Trinajstić information content (AvgIpc) is 2.39. The minimum absolute atomic E-state index is 0.254. The van der Waals surface area contributed by atoms with Crippen molar-refractivity contribution in [2.45, 2.75) is 25.8 Å². The molecule has 2 rings (SSSR count). The van der Waals surface area contributed by atoms with Gasteiger partial charge in [-0.3, -0.25) is 0 Å². The van der Waals surface area contributed by atoms with Crippen LogP contribution in [0, 0.1) is 5.82 Å². The van der Waals surface area contributed by atoms with Crippen LogP contribution in [0.3, 0.4) is 0 Å². The summed E-state index contributed by atoms with van der Waals surface area (Å²) in [7, 11) is 1.59. The number of piperazine rings is 1. The molecule has 1 aliphatic heterocycles. The van der Waals surface area contributed by atoms with Gasteiger partial charge < -0.3 is 15.0 Å². The van der Waals surface area contributed by atoms with Gasteiger partial charge in [0.05, 0.1) is 12.8 Å². The Hall–Kier alpha value is -1.29. The van der Waals surface area contributed by atoms with Crippen molar-refractivity contribution >= 4 is 5.69 Å². The van der Waals surface area contributed by atoms with E-state index in [2.05, 4.69) is 17.1 Å². The second kappa shape index (κ2) is 6.05. The lowest BCUT2D eigenvalue weighted by Gasteiger charge is -2.35. The van der Waals surface area contributed by atoms with Crippen LogP contribution in [0.5, 0.6) is 5.75 Å². The fraction of sp³-hybridized carbons (Fsp3) is 0.571. The van der Waals surface area contributed by atoms with Crippen LogP contribution in [-0.4, -0.2) is 32.8 Å². The van der Waals surface area contributed by atoms with Gasteiger partial charge in [0.1, 0.15) is 11.6 Å². The van der Waals surface area contributed by atoms with Crippen molar-refractivity contribution in [2.24, 2.45) is 0 Å². The van der Waals surface area contributed by atoms with Crippen molar-refractivity contribution in [2.75, 3.05) is 31.6 Å². The number of methoxy groups -OCH3 is 1. The molecule has 0 aromatic heterocycles. The molecule has 0 saturated carbocycles. The number of benzene rings is 1. The SMILES string of the molecule is CCCC1CN(c2ccc(F)cc2OC)CCN1. The normalized spacial score (nSPS) is 19.9. The fourth-order valence-electron chi connectivity index (χ4n) is 2.50. The van der Waals surface area contributed by atoms with E-state index in [4.69, 9.17) is 4.74 Å². The minimum Gasteiger partial charge on any atom is -0.494 e. The third-order valence-electron chi connectivity index (χ3n) is 3.38. The third-order valence-corrected chi connectivity index (χ3v) is 3.38. The fourth-order valence-corrected chi connectivity index (χ4v) is 2.50. The van der Waals surface area contributed by atoms with Crippen molar-refractivity contribution in [1.29, 1.82) is 0 Å². The summed E-state index contributed by atoms with van der Waals surface area (Å²) >= 11 is 0. The van der Waals surface area contributed by atoms with Crippen LogP contribution in [0.15, 0.2) is 18.2 Å². The molecule has 18 heavy (non-hydrogen) atoms. The molecular weight excluding hydrogens is 231 g/mol. The lowest BCUT2D eigenvalue weighted by molar-refractivity contribution is 0.400. The first-order valence-corrected chi connectivity index (χ1v) is 6.56. The summed E-state index contributed by atoms with van der Waals surface area (Å²) in [5, 5.41) is 3.51. The number of hydrogen-bond donors (Lipinski definition) is 1. The molecule has 0 radical (unpaired) electrons. The van der Waals surface area contributed by atoms with Crippen LogP contribution in [0.4, 0.5) is 10.1 Å². The first-order valence-electron chi connectivity index (χ1n) is 6.56. The maximum atomic E-state index is 13.2. The summed E-state index contributed by atoms with van der Waals surface area (Å²) in [6.45, 7) is 5.04. The highest BCUT2D eigenvalue weighted by molar-refractivity contribution is 5.59. The van der Waals surface area contributed by atoms with Gasteiger partial charge in [0.25, 0.3) is 0 Å². The van der Waals surface area contributed by atoms with E-state index in [1.54, 1.807) is 7.11 Å². The zero-order valence-corrected chi connectivity index (χ0v) is 11.1. The van der Waals surface area contributed by atoms with Gasteiger partial charge in [-0.05, 0) is 18.6 Å². The van der Waals surface area contributed by atoms with Crippen molar-refractivity contribution in [3.8, 4) is 5.75 Å². The van der Waals surface area contributed by atoms with Gasteiger partial charge >= 0.3 is 0 Å². The second-order valence-corrected chi connectivity index (χ2v) is 4.70. The zero-order chi connectivity index (χ0) is 13.0. The molecule has 1 atom stereocenters. The van der Waals surface area contributed by atoms with Crippen molar-refractivity contribution in [3.05, 3.63) is 24.0 Å². The molecule has 4 heteroatoms. The Kier molecular flexibility index (Phi) is 4.42. The molecule has 3 nitrogen and oxygen atoms in total. The number of halogens is 1. The lowest BCUT2D eigenvalue weighted by atomic mass is 10.1. The van der Waals surface area contributed by atoms with E-state index in [0.29, 0.717) is 11.8 Å². The Labute approximate surface area is 108 Å². The molecule has 0 amide bonds. The van der Waals surface area contributed by atoms with Gasteiger partial charge in [-0.25, -0.2) is 4.39 Å². The van der Waals surface area contributed by atoms with Crippen LogP contribution >= 0.6 is 0 Å². The Morgan fingerprint density at radius 1 is 1.50 bits per heavy atom. The van der Waals surface area contributed by atoms with Crippen molar-refractivity contribution in [1.82, 2.24) is 5.32 Å². The summed E-state index contributed by atoms with van der Waals surface area (Å²) in [6.07, 6.45) is 2.34. The van der Waals surface area contributed by atoms with Crippen LogP contribution in [0.25, 0.3) is 0 Å². The Morgan fingerprint density at radius 2 is 2.33 bits per heavy atom. The van der Waals surface area contributed by atoms with Crippen LogP contribution in [0.2, 0.25) is 0 Å². The molecule has 0 aliphatic carbocycles. The molecule has 1 aliphatic rings. The van der Waals surface area contributed by atoms with Gasteiger partial charge in [-0.15, -0.1) is 0 Å². The van der Waals surface area contributed by atoms with Gasteiger partial charge in [0.15, 0.2) is 0 Å². The van der Waals surface area contributed by atoms with Crippen LogP contribution in [0.1, 0.15) is 19.8 Å². The summed E-state index contributed by atoms with van der Waals surface area (Å²) < 4.78 is 18.5. The van der Waals surface area contributed by atoms with E-state index < -0.39 is 0 Å². The summed E-state index contributed by atoms with van der Waals surface area (Å²) in [4.78, 5) is 2.27. The number of anilines is 1. The van der Waals surface area contributed by atoms with Gasteiger partial charge in [-0.1, -0.05) is 13.3 Å². The minimum atomic E-state index is -0.254. The van der Waals surface area contributed by atoms with Gasteiger partial charge in [0, 0.05) is 31.7 Å². The summed E-state index contributed by atoms with van der Waals surface area (Å²) in [5.41, 5.74) is 0.988. The number of ether oxygens (including phenoxy) is 1. The van der Waals surface area contributed by atoms with E-state index in [1.165, 1.54) is 25.0 Å². The standard InChI is InChI=1S/C14H21FN2O/c1-3-4-12-10-17(8-7-16-12)13-6-5-11(15)9-14(13)18-2/h5-6,9,12,16H,3-4,7-8,10H2,1-2H3. The van der Waals surface area contributed by atoms with E-state index >= 15 is 0 Å². The third kappa shape index (κ3) is 2.93. The second-order valence-electron chi connectivity index (χ2n) is 4.70. The number of hydrogen-bond acceptors (Lipinski definition) is 3. The number of rotatable bonds is 4. The lowest BCUT2D eigenvalue weighted by Crippen LogP contribution is -2.50. The highest BCUT2D eigenvalue weighted by atomic mass is 19.1. The molecule has 1 unspecified atom stereocenters. The molecule has 0 bridgehead atoms. The highest BCUT2D eigenvalue weighted by Gasteiger charge is 2.21. The van der Waals surface area contributed by atoms with E-state index in [9.17, 15) is 4.39 Å². The first-order chi connectivity index (χ1) is 8.74. The highest BCUT2D eigenvalue weighted by Crippen LogP contribution is 2.29. The molecule has 1 fully saturated rings. The molecule has 1 N–H and O–H groups in total. The van der Waals surface area contributed by atoms with Gasteiger partial charge in [-0.2, -0.15) is 0 Å². The zero-order valence-electron chi connectivity index (χ0n) is 11.1. The predicted molar refractivity (Wildman–Crippen MR) is 71.9 cm³/mol. The Morgan fingerprint density at radius 3 is 3.06 bits per heavy atom. The smallest absolute Gasteiger partial charge is 0.145 e. The average molecular weight is 252 g/mol. The van der Waals surface area contributed by atoms with Crippen molar-refractivity contribution in [3.63, 3.8) is 0 Å². The topological polar surface area (TPSA) is 24.5 Å². The predicted octanol–water partition coefficient (Wildman–Crippen LogP) is 2.41. The maximum absolute atomic E-state index is 13.2. The van der Waals surface area contributed by atoms with Crippen LogP contribution < -0.4 is 15.0 Å². The molecular formula is C14H21FN2O. The van der Waals surface area contributed by atoms with E-state index in [1.807, 2.05) is 6.07 Å². The van der Waals surface area contributed by atoms with Crippen LogP contribution in [-0.2, 0) is 0 Å². The summed E-state index contributed by atoms with van der Waals surface area (Å²) in [5.74, 6) is 0.364. The molecule has 1 saturated heterocycles. The number of nitrogens with zero attached hydrogens (tertiary/aromatic N) is 1. The Balaban J connectivity index is 2.15. The molecule has 1 heterocycles. The van der Waals surface area contributed by atoms with E-state index in [-0.39, 0.29) is 5.82 Å². The number of nitrogens with one attached hydrogen (secondary N) is 1. The largest absolute Gasteiger partial charge is 0.494 e. The molecule has 0 spiro atoms. The maximum Gasteiger partial charge on any atom is 0.145 e. The molecule has 1 aromatic carbocycles. The Bertz CT molecular complexity index is 395. The molecule has 1 aromatic rings. The monoisotopic (exact) mass is 252 g/mol. The molecule has 100 valence electrons. The quantitative estimate of drug-likeness (QED) is 0.890.